The second-order valence-corrected chi connectivity index (χ2v) is 5.12. The van der Waals surface area contributed by atoms with Crippen molar-refractivity contribution in [2.75, 3.05) is 13.1 Å². The van der Waals surface area contributed by atoms with Gasteiger partial charge in [-0.15, -0.1) is 0 Å². The molecule has 0 aromatic carbocycles. The van der Waals surface area contributed by atoms with E-state index < -0.39 is 0 Å². The van der Waals surface area contributed by atoms with Gasteiger partial charge < -0.3 is 16.0 Å². The summed E-state index contributed by atoms with van der Waals surface area (Å²) in [5.74, 6) is 1.07. The maximum absolute atomic E-state index is 11.5. The van der Waals surface area contributed by atoms with Crippen molar-refractivity contribution in [3.63, 3.8) is 0 Å². The molecule has 2 aliphatic carbocycles. The quantitative estimate of drug-likeness (QED) is 0.356. The van der Waals surface area contributed by atoms with E-state index in [1.165, 1.54) is 12.8 Å². The van der Waals surface area contributed by atoms with Gasteiger partial charge in [0.1, 0.15) is 0 Å². The highest BCUT2D eigenvalue weighted by Crippen LogP contribution is 2.19. The van der Waals surface area contributed by atoms with Gasteiger partial charge in [-0.1, -0.05) is 0 Å². The minimum atomic E-state index is 0.174. The fourth-order valence-electron chi connectivity index (χ4n) is 1.70. The lowest BCUT2D eigenvalue weighted by atomic mass is 10.3. The molecule has 5 nitrogen and oxygen atoms in total. The summed E-state index contributed by atoms with van der Waals surface area (Å²) in [7, 11) is 0. The molecule has 0 heterocycles. The number of aliphatic imine (C=N–C) groups is 1. The summed E-state index contributed by atoms with van der Waals surface area (Å²) in [5, 5.41) is 9.57. The smallest absolute Gasteiger partial charge is 0.220 e. The van der Waals surface area contributed by atoms with Crippen molar-refractivity contribution in [3.8, 4) is 0 Å². The van der Waals surface area contributed by atoms with Crippen LogP contribution < -0.4 is 16.0 Å². The first-order chi connectivity index (χ1) is 8.78. The molecule has 5 heteroatoms. The molecule has 2 saturated carbocycles. The van der Waals surface area contributed by atoms with Gasteiger partial charge in [-0.25, -0.2) is 0 Å². The van der Waals surface area contributed by atoms with Crippen molar-refractivity contribution in [2.24, 2.45) is 4.99 Å². The van der Waals surface area contributed by atoms with Gasteiger partial charge in [-0.3, -0.25) is 9.79 Å². The van der Waals surface area contributed by atoms with Crippen LogP contribution in [-0.4, -0.2) is 37.0 Å². The second kappa shape index (κ2) is 6.61. The standard InChI is InChI=1S/C13H24N4O/c1-2-14-13(17-11-7-8-11)15-9-3-4-12(18)16-10-5-6-10/h10-11H,2-9H2,1H3,(H,16,18)(H2,14,15,17). The van der Waals surface area contributed by atoms with Crippen LogP contribution in [0, 0.1) is 0 Å². The summed E-state index contributed by atoms with van der Waals surface area (Å²) in [6.07, 6.45) is 6.20. The van der Waals surface area contributed by atoms with E-state index >= 15 is 0 Å². The van der Waals surface area contributed by atoms with Gasteiger partial charge in [-0.2, -0.15) is 0 Å². The monoisotopic (exact) mass is 252 g/mol. The Morgan fingerprint density at radius 1 is 1.17 bits per heavy atom. The number of guanidine groups is 1. The third kappa shape index (κ3) is 5.38. The number of nitrogens with zero attached hydrogens (tertiary/aromatic N) is 1. The molecule has 0 aliphatic heterocycles. The van der Waals surface area contributed by atoms with Crippen molar-refractivity contribution < 1.29 is 4.79 Å². The van der Waals surface area contributed by atoms with E-state index in [0.29, 0.717) is 25.0 Å². The van der Waals surface area contributed by atoms with Gasteiger partial charge in [0.15, 0.2) is 5.96 Å². The third-order valence-corrected chi connectivity index (χ3v) is 3.04. The lowest BCUT2D eigenvalue weighted by Crippen LogP contribution is -2.38. The maximum atomic E-state index is 11.5. The van der Waals surface area contributed by atoms with E-state index in [4.69, 9.17) is 0 Å². The highest BCUT2D eigenvalue weighted by Gasteiger charge is 2.23. The summed E-state index contributed by atoms with van der Waals surface area (Å²) < 4.78 is 0. The Morgan fingerprint density at radius 2 is 1.83 bits per heavy atom. The number of hydrogen-bond donors (Lipinski definition) is 3. The molecule has 0 unspecified atom stereocenters. The van der Waals surface area contributed by atoms with Gasteiger partial charge in [-0.05, 0) is 39.0 Å². The average molecular weight is 252 g/mol. The fourth-order valence-corrected chi connectivity index (χ4v) is 1.70. The van der Waals surface area contributed by atoms with Crippen molar-refractivity contribution in [1.82, 2.24) is 16.0 Å². The summed E-state index contributed by atoms with van der Waals surface area (Å²) in [6.45, 7) is 3.65. The normalized spacial score (nSPS) is 19.5. The second-order valence-electron chi connectivity index (χ2n) is 5.12. The Labute approximate surface area is 109 Å². The molecule has 0 aromatic heterocycles. The molecule has 0 radical (unpaired) electrons. The number of carbonyl (C=O) groups is 1. The SMILES string of the molecule is CCNC(=NCCCC(=O)NC1CC1)NC1CC1. The van der Waals surface area contributed by atoms with Crippen molar-refractivity contribution in [1.29, 1.82) is 0 Å². The first-order valence-corrected chi connectivity index (χ1v) is 7.12. The predicted octanol–water partition coefficient (Wildman–Crippen LogP) is 0.763. The molecule has 0 atom stereocenters. The maximum Gasteiger partial charge on any atom is 0.220 e. The van der Waals surface area contributed by atoms with E-state index in [9.17, 15) is 4.79 Å². The van der Waals surface area contributed by atoms with Gasteiger partial charge in [0, 0.05) is 31.6 Å². The Morgan fingerprint density at radius 3 is 2.44 bits per heavy atom. The topological polar surface area (TPSA) is 65.5 Å². The molecule has 3 N–H and O–H groups in total. The number of rotatable bonds is 7. The van der Waals surface area contributed by atoms with Crippen molar-refractivity contribution in [2.45, 2.75) is 57.5 Å². The molecular formula is C13H24N4O. The van der Waals surface area contributed by atoms with E-state index in [-0.39, 0.29) is 5.91 Å². The molecule has 2 fully saturated rings. The number of amides is 1. The van der Waals surface area contributed by atoms with Crippen LogP contribution in [0.2, 0.25) is 0 Å². The largest absolute Gasteiger partial charge is 0.357 e. The molecule has 2 aliphatic rings. The van der Waals surface area contributed by atoms with Crippen LogP contribution in [0.25, 0.3) is 0 Å². The van der Waals surface area contributed by atoms with E-state index in [1.807, 2.05) is 0 Å². The minimum absolute atomic E-state index is 0.174. The zero-order chi connectivity index (χ0) is 12.8. The van der Waals surface area contributed by atoms with E-state index in [0.717, 1.165) is 31.8 Å². The average Bonchev–Trinajstić information content (AvgIpc) is 3.20. The summed E-state index contributed by atoms with van der Waals surface area (Å²) >= 11 is 0. The highest BCUT2D eigenvalue weighted by atomic mass is 16.1. The Kier molecular flexibility index (Phi) is 4.84. The number of hydrogen-bond acceptors (Lipinski definition) is 2. The fraction of sp³-hybridized carbons (Fsp3) is 0.846. The van der Waals surface area contributed by atoms with Crippen LogP contribution in [0.3, 0.4) is 0 Å². The van der Waals surface area contributed by atoms with Gasteiger partial charge in [0.25, 0.3) is 0 Å². The summed E-state index contributed by atoms with van der Waals surface area (Å²) in [6, 6.07) is 1.08. The molecule has 102 valence electrons. The molecule has 1 amide bonds. The van der Waals surface area contributed by atoms with E-state index in [1.54, 1.807) is 0 Å². The Hall–Kier alpha value is -1.26. The van der Waals surface area contributed by atoms with Crippen LogP contribution in [0.1, 0.15) is 45.4 Å². The zero-order valence-electron chi connectivity index (χ0n) is 11.2. The van der Waals surface area contributed by atoms with Crippen molar-refractivity contribution in [3.05, 3.63) is 0 Å². The van der Waals surface area contributed by atoms with Crippen LogP contribution in [0.4, 0.5) is 0 Å². The lowest BCUT2D eigenvalue weighted by molar-refractivity contribution is -0.121. The van der Waals surface area contributed by atoms with Gasteiger partial charge in [0.2, 0.25) is 5.91 Å². The molecule has 0 bridgehead atoms. The number of carbonyl (C=O) groups excluding carboxylic acids is 1. The Balaban J connectivity index is 1.58. The minimum Gasteiger partial charge on any atom is -0.357 e. The van der Waals surface area contributed by atoms with Gasteiger partial charge >= 0.3 is 0 Å². The summed E-state index contributed by atoms with van der Waals surface area (Å²) in [4.78, 5) is 15.9. The molecule has 2 rings (SSSR count). The third-order valence-electron chi connectivity index (χ3n) is 3.04. The van der Waals surface area contributed by atoms with Crippen LogP contribution in [-0.2, 0) is 4.79 Å². The molecule has 0 saturated heterocycles. The lowest BCUT2D eigenvalue weighted by Gasteiger charge is -2.09. The Bertz CT molecular complexity index is 308. The van der Waals surface area contributed by atoms with Crippen LogP contribution >= 0.6 is 0 Å². The highest BCUT2D eigenvalue weighted by molar-refractivity contribution is 5.80. The van der Waals surface area contributed by atoms with Crippen LogP contribution in [0.5, 0.6) is 0 Å². The number of nitrogens with one attached hydrogen (secondary N) is 3. The predicted molar refractivity (Wildman–Crippen MR) is 72.5 cm³/mol. The molecule has 18 heavy (non-hydrogen) atoms. The first kappa shape index (κ1) is 13.2. The molecular weight excluding hydrogens is 228 g/mol. The van der Waals surface area contributed by atoms with Crippen LogP contribution in [0.15, 0.2) is 4.99 Å². The molecule has 0 spiro atoms. The van der Waals surface area contributed by atoms with Crippen molar-refractivity contribution >= 4 is 11.9 Å². The first-order valence-electron chi connectivity index (χ1n) is 7.12. The summed E-state index contributed by atoms with van der Waals surface area (Å²) in [5.41, 5.74) is 0. The van der Waals surface area contributed by atoms with E-state index in [2.05, 4.69) is 27.9 Å². The molecule has 0 aromatic rings. The zero-order valence-corrected chi connectivity index (χ0v) is 11.2. The van der Waals surface area contributed by atoms with Gasteiger partial charge in [0.05, 0.1) is 0 Å².